The minimum absolute atomic E-state index is 0.577. The van der Waals surface area contributed by atoms with Crippen LogP contribution in [0.2, 0.25) is 0 Å². The second-order valence-electron chi connectivity index (χ2n) is 3.98. The van der Waals surface area contributed by atoms with Crippen molar-refractivity contribution in [2.24, 2.45) is 0 Å². The van der Waals surface area contributed by atoms with Gasteiger partial charge in [-0.1, -0.05) is 0 Å². The molecule has 0 amide bonds. The Morgan fingerprint density at radius 1 is 1.44 bits per heavy atom. The molecule has 0 aliphatic heterocycles. The first-order valence-corrected chi connectivity index (χ1v) is 5.81. The lowest BCUT2D eigenvalue weighted by Crippen LogP contribution is -2.05. The van der Waals surface area contributed by atoms with Crippen molar-refractivity contribution in [1.82, 2.24) is 9.97 Å². The molecule has 5 heteroatoms. The van der Waals surface area contributed by atoms with E-state index in [2.05, 4.69) is 21.4 Å². The molecule has 0 saturated carbocycles. The molecule has 0 atom stereocenters. The first kappa shape index (κ1) is 12.0. The number of nitriles is 1. The number of benzene rings is 1. The minimum Gasteiger partial charge on any atom is -0.399 e. The lowest BCUT2D eigenvalue weighted by molar-refractivity contribution is 0.816. The second-order valence-corrected chi connectivity index (χ2v) is 3.98. The molecule has 1 aromatic heterocycles. The quantitative estimate of drug-likeness (QED) is 0.551. The molecule has 2 rings (SSSR count). The van der Waals surface area contributed by atoms with Gasteiger partial charge in [-0.2, -0.15) is 5.26 Å². The average Bonchev–Trinajstić information content (AvgIpc) is 2.89. The van der Waals surface area contributed by atoms with E-state index in [0.29, 0.717) is 11.3 Å². The molecule has 0 bridgehead atoms. The smallest absolute Gasteiger partial charge is 0.106 e. The van der Waals surface area contributed by atoms with E-state index in [0.717, 1.165) is 30.9 Å². The number of H-pyrrole nitrogens is 1. The van der Waals surface area contributed by atoms with Crippen LogP contribution in [0.3, 0.4) is 0 Å². The predicted molar refractivity (Wildman–Crippen MR) is 71.0 cm³/mol. The fourth-order valence-corrected chi connectivity index (χ4v) is 1.72. The Hall–Kier alpha value is -2.48. The molecule has 2 aromatic rings. The Labute approximate surface area is 106 Å². The summed E-state index contributed by atoms with van der Waals surface area (Å²) in [5.41, 5.74) is 7.64. The van der Waals surface area contributed by atoms with Gasteiger partial charge in [0.05, 0.1) is 11.3 Å². The highest BCUT2D eigenvalue weighted by Crippen LogP contribution is 2.17. The standard InChI is InChI=1S/C13H15N5/c14-9-10-8-11(15)3-4-12(10)16-5-1-2-13-17-6-7-18-13/h3-4,6-8,16H,1-2,5,15H2,(H,17,18). The summed E-state index contributed by atoms with van der Waals surface area (Å²) in [6.07, 6.45) is 5.40. The van der Waals surface area contributed by atoms with Gasteiger partial charge in [0.2, 0.25) is 0 Å². The molecule has 18 heavy (non-hydrogen) atoms. The Balaban J connectivity index is 1.85. The fraction of sp³-hybridized carbons (Fsp3) is 0.231. The van der Waals surface area contributed by atoms with Crippen LogP contribution in [0.25, 0.3) is 0 Å². The van der Waals surface area contributed by atoms with Gasteiger partial charge in [0.25, 0.3) is 0 Å². The molecule has 0 aliphatic carbocycles. The number of nitrogens with zero attached hydrogens (tertiary/aromatic N) is 2. The number of anilines is 2. The zero-order chi connectivity index (χ0) is 12.8. The highest BCUT2D eigenvalue weighted by molar-refractivity contribution is 5.62. The predicted octanol–water partition coefficient (Wildman–Crippen LogP) is 1.91. The van der Waals surface area contributed by atoms with Crippen LogP contribution < -0.4 is 11.1 Å². The SMILES string of the molecule is N#Cc1cc(N)ccc1NCCCc1ncc[nH]1. The van der Waals surface area contributed by atoms with Crippen molar-refractivity contribution >= 4 is 11.4 Å². The lowest BCUT2D eigenvalue weighted by Gasteiger charge is -2.08. The molecule has 4 N–H and O–H groups in total. The van der Waals surface area contributed by atoms with Crippen molar-refractivity contribution in [3.05, 3.63) is 42.0 Å². The molecular weight excluding hydrogens is 226 g/mol. The van der Waals surface area contributed by atoms with Crippen molar-refractivity contribution in [2.75, 3.05) is 17.6 Å². The van der Waals surface area contributed by atoms with E-state index in [1.807, 2.05) is 12.3 Å². The van der Waals surface area contributed by atoms with Crippen LogP contribution in [-0.4, -0.2) is 16.5 Å². The van der Waals surface area contributed by atoms with E-state index in [1.54, 1.807) is 18.3 Å². The Morgan fingerprint density at radius 3 is 3.06 bits per heavy atom. The van der Waals surface area contributed by atoms with Gasteiger partial charge in [-0.25, -0.2) is 4.98 Å². The molecule has 0 fully saturated rings. The third-order valence-electron chi connectivity index (χ3n) is 2.62. The van der Waals surface area contributed by atoms with Crippen LogP contribution in [0.1, 0.15) is 17.8 Å². The summed E-state index contributed by atoms with van der Waals surface area (Å²) < 4.78 is 0. The number of aromatic amines is 1. The number of aryl methyl sites for hydroxylation is 1. The Bertz CT molecular complexity index is 539. The van der Waals surface area contributed by atoms with E-state index in [4.69, 9.17) is 11.0 Å². The number of nitrogen functional groups attached to an aromatic ring is 1. The number of hydrogen-bond donors (Lipinski definition) is 3. The van der Waals surface area contributed by atoms with Crippen molar-refractivity contribution in [3.63, 3.8) is 0 Å². The molecule has 5 nitrogen and oxygen atoms in total. The van der Waals surface area contributed by atoms with Crippen LogP contribution in [0.15, 0.2) is 30.6 Å². The van der Waals surface area contributed by atoms with Gasteiger partial charge >= 0.3 is 0 Å². The second kappa shape index (κ2) is 5.73. The first-order chi connectivity index (χ1) is 8.79. The summed E-state index contributed by atoms with van der Waals surface area (Å²) in [5, 5.41) is 12.2. The van der Waals surface area contributed by atoms with Crippen molar-refractivity contribution in [1.29, 1.82) is 5.26 Å². The topological polar surface area (TPSA) is 90.5 Å². The van der Waals surface area contributed by atoms with E-state index in [9.17, 15) is 0 Å². The maximum atomic E-state index is 8.99. The lowest BCUT2D eigenvalue weighted by atomic mass is 10.1. The molecule has 0 spiro atoms. The minimum atomic E-state index is 0.577. The molecule has 92 valence electrons. The van der Waals surface area contributed by atoms with E-state index >= 15 is 0 Å². The third-order valence-corrected chi connectivity index (χ3v) is 2.62. The maximum Gasteiger partial charge on any atom is 0.106 e. The van der Waals surface area contributed by atoms with E-state index in [1.165, 1.54) is 0 Å². The number of rotatable bonds is 5. The normalized spacial score (nSPS) is 9.94. The number of imidazole rings is 1. The molecule has 1 heterocycles. The summed E-state index contributed by atoms with van der Waals surface area (Å²) in [6.45, 7) is 0.791. The number of nitrogens with one attached hydrogen (secondary N) is 2. The zero-order valence-corrected chi connectivity index (χ0v) is 9.98. The molecule has 1 aromatic carbocycles. The highest BCUT2D eigenvalue weighted by atomic mass is 14.9. The molecule has 0 saturated heterocycles. The van der Waals surface area contributed by atoms with E-state index < -0.39 is 0 Å². The fourth-order valence-electron chi connectivity index (χ4n) is 1.72. The van der Waals surface area contributed by atoms with Crippen molar-refractivity contribution in [2.45, 2.75) is 12.8 Å². The van der Waals surface area contributed by atoms with Crippen LogP contribution >= 0.6 is 0 Å². The maximum absolute atomic E-state index is 8.99. The summed E-state index contributed by atoms with van der Waals surface area (Å²) in [5.74, 6) is 0.981. The monoisotopic (exact) mass is 241 g/mol. The third kappa shape index (κ3) is 3.01. The number of nitrogens with two attached hydrogens (primary N) is 1. The van der Waals surface area contributed by atoms with Gasteiger partial charge in [0.15, 0.2) is 0 Å². The molecule has 0 unspecified atom stereocenters. The number of aromatic nitrogens is 2. The largest absolute Gasteiger partial charge is 0.399 e. The van der Waals surface area contributed by atoms with E-state index in [-0.39, 0.29) is 0 Å². The summed E-state index contributed by atoms with van der Waals surface area (Å²) in [7, 11) is 0. The van der Waals surface area contributed by atoms with Crippen LogP contribution in [0, 0.1) is 11.3 Å². The highest BCUT2D eigenvalue weighted by Gasteiger charge is 2.02. The molecular formula is C13H15N5. The summed E-state index contributed by atoms with van der Waals surface area (Å²) in [4.78, 5) is 7.21. The zero-order valence-electron chi connectivity index (χ0n) is 9.98. The van der Waals surface area contributed by atoms with Gasteiger partial charge < -0.3 is 16.0 Å². The van der Waals surface area contributed by atoms with Crippen molar-refractivity contribution < 1.29 is 0 Å². The van der Waals surface area contributed by atoms with Gasteiger partial charge in [0.1, 0.15) is 11.9 Å². The Kier molecular flexibility index (Phi) is 3.82. The van der Waals surface area contributed by atoms with Crippen LogP contribution in [-0.2, 0) is 6.42 Å². The Morgan fingerprint density at radius 2 is 2.33 bits per heavy atom. The van der Waals surface area contributed by atoms with Crippen LogP contribution in [0.5, 0.6) is 0 Å². The van der Waals surface area contributed by atoms with Gasteiger partial charge in [0, 0.05) is 31.0 Å². The van der Waals surface area contributed by atoms with Crippen molar-refractivity contribution in [3.8, 4) is 6.07 Å². The summed E-state index contributed by atoms with van der Waals surface area (Å²) >= 11 is 0. The van der Waals surface area contributed by atoms with Gasteiger partial charge in [-0.3, -0.25) is 0 Å². The molecule has 0 aliphatic rings. The van der Waals surface area contributed by atoms with Gasteiger partial charge in [-0.15, -0.1) is 0 Å². The first-order valence-electron chi connectivity index (χ1n) is 5.81. The van der Waals surface area contributed by atoms with Crippen LogP contribution in [0.4, 0.5) is 11.4 Å². The van der Waals surface area contributed by atoms with Gasteiger partial charge in [-0.05, 0) is 24.6 Å². The summed E-state index contributed by atoms with van der Waals surface area (Å²) in [6, 6.07) is 7.43. The average molecular weight is 241 g/mol. The molecule has 0 radical (unpaired) electrons. The number of hydrogen-bond acceptors (Lipinski definition) is 4.